The number of halogens is 1. The fraction of sp³-hybridized carbons (Fsp3) is 1.00. The minimum atomic E-state index is -3.27. The average molecular weight is 184 g/mol. The molecule has 1 fully saturated rings. The van der Waals surface area contributed by atoms with Crippen LogP contribution in [0.1, 0.15) is 12.8 Å². The molecule has 0 aromatic carbocycles. The molecule has 1 saturated carbocycles. The first-order valence-electron chi connectivity index (χ1n) is 3.12. The van der Waals surface area contributed by atoms with E-state index in [0.29, 0.717) is 0 Å². The van der Waals surface area contributed by atoms with E-state index < -0.39 is 10.0 Å². The van der Waals surface area contributed by atoms with Crippen molar-refractivity contribution in [1.82, 2.24) is 0 Å². The molecule has 0 saturated heterocycles. The van der Waals surface area contributed by atoms with E-state index in [-0.39, 0.29) is 17.0 Å². The maximum absolute atomic E-state index is 10.5. The van der Waals surface area contributed by atoms with E-state index in [9.17, 15) is 8.42 Å². The van der Waals surface area contributed by atoms with Gasteiger partial charge in [-0.25, -0.2) is 13.6 Å². The SMILES string of the molecule is NS(=O)(=O)CC1CC(Cl)C1. The quantitative estimate of drug-likeness (QED) is 0.626. The number of alkyl halides is 1. The van der Waals surface area contributed by atoms with Gasteiger partial charge in [0.05, 0.1) is 5.75 Å². The van der Waals surface area contributed by atoms with Gasteiger partial charge in [-0.1, -0.05) is 0 Å². The molecule has 0 unspecified atom stereocenters. The Bertz CT molecular complexity index is 208. The van der Waals surface area contributed by atoms with Crippen LogP contribution >= 0.6 is 11.6 Å². The third-order valence-corrected chi connectivity index (χ3v) is 2.94. The van der Waals surface area contributed by atoms with Crippen molar-refractivity contribution in [2.75, 3.05) is 5.75 Å². The number of hydrogen-bond acceptors (Lipinski definition) is 2. The topological polar surface area (TPSA) is 60.2 Å². The van der Waals surface area contributed by atoms with Gasteiger partial charge in [-0.05, 0) is 18.8 Å². The Morgan fingerprint density at radius 2 is 2.00 bits per heavy atom. The molecule has 1 aliphatic carbocycles. The van der Waals surface area contributed by atoms with Crippen LogP contribution in [-0.2, 0) is 10.0 Å². The van der Waals surface area contributed by atoms with Crippen molar-refractivity contribution in [3.63, 3.8) is 0 Å². The first kappa shape index (κ1) is 8.30. The average Bonchev–Trinajstić information content (AvgIpc) is 1.57. The summed E-state index contributed by atoms with van der Waals surface area (Å²) < 4.78 is 21.0. The van der Waals surface area contributed by atoms with E-state index in [1.807, 2.05) is 0 Å². The van der Waals surface area contributed by atoms with Gasteiger partial charge in [-0.2, -0.15) is 0 Å². The lowest BCUT2D eigenvalue weighted by Gasteiger charge is -2.29. The molecule has 0 aromatic heterocycles. The molecule has 10 heavy (non-hydrogen) atoms. The van der Waals surface area contributed by atoms with Crippen LogP contribution in [0, 0.1) is 5.92 Å². The van der Waals surface area contributed by atoms with Crippen molar-refractivity contribution in [1.29, 1.82) is 0 Å². The van der Waals surface area contributed by atoms with E-state index >= 15 is 0 Å². The van der Waals surface area contributed by atoms with Crippen LogP contribution in [0.4, 0.5) is 0 Å². The summed E-state index contributed by atoms with van der Waals surface area (Å²) in [4.78, 5) is 0. The predicted octanol–water partition coefficient (Wildman–Crippen LogP) is 0.292. The standard InChI is InChI=1S/C5H10ClNO2S/c6-5-1-4(2-5)3-10(7,8)9/h4-5H,1-3H2,(H2,7,8,9). The lowest BCUT2D eigenvalue weighted by molar-refractivity contribution is 0.355. The normalized spacial score (nSPS) is 33.4. The van der Waals surface area contributed by atoms with Crippen LogP contribution in [0.2, 0.25) is 0 Å². The summed E-state index contributed by atoms with van der Waals surface area (Å²) in [6, 6.07) is 0. The summed E-state index contributed by atoms with van der Waals surface area (Å²) in [5.41, 5.74) is 0. The monoisotopic (exact) mass is 183 g/mol. The van der Waals surface area contributed by atoms with Crippen molar-refractivity contribution >= 4 is 21.6 Å². The molecule has 1 rings (SSSR count). The second-order valence-corrected chi connectivity index (χ2v) is 5.04. The molecule has 1 aliphatic rings. The fourth-order valence-corrected chi connectivity index (χ4v) is 2.55. The predicted molar refractivity (Wildman–Crippen MR) is 40.3 cm³/mol. The lowest BCUT2D eigenvalue weighted by atomic mass is 9.87. The number of nitrogens with two attached hydrogens (primary N) is 1. The Balaban J connectivity index is 2.30. The smallest absolute Gasteiger partial charge is 0.209 e. The van der Waals surface area contributed by atoms with E-state index in [4.69, 9.17) is 16.7 Å². The Labute approximate surface area is 65.6 Å². The number of hydrogen-bond donors (Lipinski definition) is 1. The van der Waals surface area contributed by atoms with Crippen LogP contribution in [0.15, 0.2) is 0 Å². The minimum Gasteiger partial charge on any atom is -0.229 e. The zero-order valence-corrected chi connectivity index (χ0v) is 7.03. The van der Waals surface area contributed by atoms with Gasteiger partial charge in [-0.3, -0.25) is 0 Å². The van der Waals surface area contributed by atoms with Gasteiger partial charge in [0.2, 0.25) is 10.0 Å². The summed E-state index contributed by atoms with van der Waals surface area (Å²) >= 11 is 5.64. The van der Waals surface area contributed by atoms with E-state index in [1.165, 1.54) is 0 Å². The van der Waals surface area contributed by atoms with Gasteiger partial charge < -0.3 is 0 Å². The molecule has 0 spiro atoms. The van der Waals surface area contributed by atoms with Crippen LogP contribution in [-0.4, -0.2) is 19.5 Å². The summed E-state index contributed by atoms with van der Waals surface area (Å²) in [5.74, 6) is 0.299. The molecule has 0 aliphatic heterocycles. The minimum absolute atomic E-state index is 0.0935. The maximum Gasteiger partial charge on any atom is 0.209 e. The van der Waals surface area contributed by atoms with Crippen molar-refractivity contribution in [3.05, 3.63) is 0 Å². The van der Waals surface area contributed by atoms with Crippen LogP contribution in [0.3, 0.4) is 0 Å². The molecule has 0 amide bonds. The molecule has 0 atom stereocenters. The highest BCUT2D eigenvalue weighted by molar-refractivity contribution is 7.89. The number of rotatable bonds is 2. The third-order valence-electron chi connectivity index (χ3n) is 1.65. The van der Waals surface area contributed by atoms with Crippen molar-refractivity contribution in [2.24, 2.45) is 11.1 Å². The van der Waals surface area contributed by atoms with Crippen LogP contribution in [0.25, 0.3) is 0 Å². The van der Waals surface area contributed by atoms with E-state index in [2.05, 4.69) is 0 Å². The molecule has 3 nitrogen and oxygen atoms in total. The fourth-order valence-electron chi connectivity index (χ4n) is 1.12. The number of sulfonamides is 1. The lowest BCUT2D eigenvalue weighted by Crippen LogP contribution is -2.33. The van der Waals surface area contributed by atoms with Gasteiger partial charge in [-0.15, -0.1) is 11.6 Å². The first-order valence-corrected chi connectivity index (χ1v) is 5.27. The Hall–Kier alpha value is 0.200. The molecular weight excluding hydrogens is 174 g/mol. The van der Waals surface area contributed by atoms with Crippen LogP contribution < -0.4 is 5.14 Å². The molecule has 0 aromatic rings. The van der Waals surface area contributed by atoms with Crippen LogP contribution in [0.5, 0.6) is 0 Å². The van der Waals surface area contributed by atoms with Crippen molar-refractivity contribution in [3.8, 4) is 0 Å². The maximum atomic E-state index is 10.5. The summed E-state index contributed by atoms with van der Waals surface area (Å²) in [7, 11) is -3.27. The van der Waals surface area contributed by atoms with Gasteiger partial charge in [0.1, 0.15) is 0 Å². The first-order chi connectivity index (χ1) is 4.47. The summed E-state index contributed by atoms with van der Waals surface area (Å²) in [5, 5.41) is 4.99. The molecule has 0 bridgehead atoms. The van der Waals surface area contributed by atoms with Gasteiger partial charge in [0.25, 0.3) is 0 Å². The molecule has 5 heteroatoms. The molecule has 0 heterocycles. The Morgan fingerprint density at radius 1 is 1.50 bits per heavy atom. The summed E-state index contributed by atoms with van der Waals surface area (Å²) in [6.07, 6.45) is 1.58. The van der Waals surface area contributed by atoms with Gasteiger partial charge in [0.15, 0.2) is 0 Å². The highest BCUT2D eigenvalue weighted by Crippen LogP contribution is 2.32. The van der Waals surface area contributed by atoms with Crippen molar-refractivity contribution < 1.29 is 8.42 Å². The zero-order chi connectivity index (χ0) is 7.78. The molecule has 60 valence electrons. The molecular formula is C5H10ClNO2S. The summed E-state index contributed by atoms with van der Waals surface area (Å²) in [6.45, 7) is 0. The number of primary sulfonamides is 1. The zero-order valence-electron chi connectivity index (χ0n) is 5.46. The van der Waals surface area contributed by atoms with Crippen molar-refractivity contribution in [2.45, 2.75) is 18.2 Å². The van der Waals surface area contributed by atoms with Gasteiger partial charge in [0, 0.05) is 5.38 Å². The third kappa shape index (κ3) is 2.44. The highest BCUT2D eigenvalue weighted by Gasteiger charge is 2.29. The van der Waals surface area contributed by atoms with E-state index in [1.54, 1.807) is 0 Å². The molecule has 0 radical (unpaired) electrons. The Kier molecular flexibility index (Phi) is 2.22. The van der Waals surface area contributed by atoms with E-state index in [0.717, 1.165) is 12.8 Å². The van der Waals surface area contributed by atoms with Gasteiger partial charge >= 0.3 is 0 Å². The largest absolute Gasteiger partial charge is 0.229 e. The second-order valence-electron chi connectivity index (χ2n) is 2.76. The Morgan fingerprint density at radius 3 is 2.30 bits per heavy atom. The molecule has 2 N–H and O–H groups in total. The highest BCUT2D eigenvalue weighted by atomic mass is 35.5. The second kappa shape index (κ2) is 2.68.